The smallest absolute Gasteiger partial charge is 0.252 e. The molecule has 1 fully saturated rings. The third kappa shape index (κ3) is 5.85. The Morgan fingerprint density at radius 1 is 1.50 bits per heavy atom. The van der Waals surface area contributed by atoms with E-state index in [1.54, 1.807) is 6.20 Å². The van der Waals surface area contributed by atoms with Gasteiger partial charge in [0.2, 0.25) is 0 Å². The van der Waals surface area contributed by atoms with Crippen LogP contribution in [0.4, 0.5) is 0 Å². The van der Waals surface area contributed by atoms with Gasteiger partial charge in [-0.05, 0) is 51.8 Å². The predicted molar refractivity (Wildman–Crippen MR) is 92.4 cm³/mol. The number of carbonyl (C=O) groups excluding carboxylic acids is 1. The van der Waals surface area contributed by atoms with Gasteiger partial charge in [-0.3, -0.25) is 9.78 Å². The van der Waals surface area contributed by atoms with Gasteiger partial charge in [0.15, 0.2) is 6.10 Å². The Bertz CT molecular complexity index is 509. The van der Waals surface area contributed by atoms with Gasteiger partial charge in [-0.25, -0.2) is 0 Å². The van der Waals surface area contributed by atoms with Crippen molar-refractivity contribution in [1.82, 2.24) is 15.2 Å². The molecule has 1 saturated heterocycles. The number of nitrogens with zero attached hydrogens (tertiary/aromatic N) is 2. The van der Waals surface area contributed by atoms with Gasteiger partial charge in [0.05, 0.1) is 12.2 Å². The van der Waals surface area contributed by atoms with Crippen LogP contribution in [0.25, 0.3) is 0 Å². The second-order valence-corrected chi connectivity index (χ2v) is 6.87. The van der Waals surface area contributed by atoms with E-state index in [0.29, 0.717) is 6.42 Å². The van der Waals surface area contributed by atoms with Crippen LogP contribution >= 0.6 is 0 Å². The van der Waals surface area contributed by atoms with E-state index in [4.69, 9.17) is 4.74 Å². The maximum Gasteiger partial charge on any atom is 0.252 e. The van der Waals surface area contributed by atoms with Gasteiger partial charge in [0.1, 0.15) is 0 Å². The molecular weight excluding hydrogens is 306 g/mol. The van der Waals surface area contributed by atoms with Crippen LogP contribution in [0, 0.1) is 0 Å². The molecule has 1 aliphatic rings. The normalized spacial score (nSPS) is 24.3. The number of aliphatic hydroxyl groups is 1. The Hall–Kier alpha value is -1.50. The summed E-state index contributed by atoms with van der Waals surface area (Å²) in [5.41, 5.74) is 1.18. The summed E-state index contributed by atoms with van der Waals surface area (Å²) in [6.07, 6.45) is 4.41. The lowest BCUT2D eigenvalue weighted by atomic mass is 9.98. The molecule has 0 spiro atoms. The summed E-state index contributed by atoms with van der Waals surface area (Å²) < 4.78 is 5.86. The zero-order chi connectivity index (χ0) is 17.5. The van der Waals surface area contributed by atoms with Crippen LogP contribution < -0.4 is 5.32 Å². The van der Waals surface area contributed by atoms with Gasteiger partial charge in [-0.1, -0.05) is 6.07 Å². The second kappa shape index (κ2) is 9.11. The molecule has 0 unspecified atom stereocenters. The SMILES string of the molecule is CC(C)NC(=O)[C@@H]1O[C@H](CCN(C)Cc2cccnc2)CC[C@@H]1O. The van der Waals surface area contributed by atoms with Crippen molar-refractivity contribution in [2.24, 2.45) is 0 Å². The Labute approximate surface area is 144 Å². The lowest BCUT2D eigenvalue weighted by Crippen LogP contribution is -2.50. The van der Waals surface area contributed by atoms with E-state index in [0.717, 1.165) is 25.9 Å². The van der Waals surface area contributed by atoms with Crippen LogP contribution in [0.1, 0.15) is 38.7 Å². The molecule has 2 rings (SSSR count). The van der Waals surface area contributed by atoms with Crippen LogP contribution in [0.15, 0.2) is 24.5 Å². The number of pyridine rings is 1. The maximum atomic E-state index is 12.1. The zero-order valence-corrected chi connectivity index (χ0v) is 14.8. The zero-order valence-electron chi connectivity index (χ0n) is 14.8. The number of hydrogen-bond acceptors (Lipinski definition) is 5. The van der Waals surface area contributed by atoms with Crippen molar-refractivity contribution in [3.05, 3.63) is 30.1 Å². The third-order valence-electron chi connectivity index (χ3n) is 4.17. The Morgan fingerprint density at radius 2 is 2.29 bits per heavy atom. The summed E-state index contributed by atoms with van der Waals surface area (Å²) in [5.74, 6) is -0.217. The van der Waals surface area contributed by atoms with Crippen molar-refractivity contribution in [2.75, 3.05) is 13.6 Å². The molecule has 0 radical (unpaired) electrons. The average Bonchev–Trinajstić information content (AvgIpc) is 2.54. The number of hydrogen-bond donors (Lipinski definition) is 2. The molecule has 1 aromatic rings. The molecule has 2 heterocycles. The maximum absolute atomic E-state index is 12.1. The summed E-state index contributed by atoms with van der Waals surface area (Å²) in [4.78, 5) is 18.5. The monoisotopic (exact) mass is 335 g/mol. The first-order valence-electron chi connectivity index (χ1n) is 8.67. The van der Waals surface area contributed by atoms with Gasteiger partial charge in [0, 0.05) is 31.5 Å². The van der Waals surface area contributed by atoms with Gasteiger partial charge in [0.25, 0.3) is 5.91 Å². The molecule has 2 N–H and O–H groups in total. The molecule has 0 saturated carbocycles. The number of aliphatic hydroxyl groups excluding tert-OH is 1. The largest absolute Gasteiger partial charge is 0.390 e. The molecule has 6 heteroatoms. The third-order valence-corrected chi connectivity index (χ3v) is 4.17. The quantitative estimate of drug-likeness (QED) is 0.786. The minimum absolute atomic E-state index is 0.00709. The van der Waals surface area contributed by atoms with Crippen LogP contribution in [-0.2, 0) is 16.1 Å². The number of ether oxygens (including phenoxy) is 1. The first-order valence-corrected chi connectivity index (χ1v) is 8.67. The fourth-order valence-corrected chi connectivity index (χ4v) is 2.94. The molecule has 3 atom stereocenters. The number of rotatable bonds is 7. The van der Waals surface area contributed by atoms with E-state index < -0.39 is 12.2 Å². The fourth-order valence-electron chi connectivity index (χ4n) is 2.94. The molecule has 0 aliphatic carbocycles. The average molecular weight is 335 g/mol. The van der Waals surface area contributed by atoms with E-state index >= 15 is 0 Å². The minimum atomic E-state index is -0.755. The van der Waals surface area contributed by atoms with Crippen LogP contribution in [0.2, 0.25) is 0 Å². The molecule has 1 aliphatic heterocycles. The summed E-state index contributed by atoms with van der Waals surface area (Å²) in [6, 6.07) is 4.04. The molecule has 0 bridgehead atoms. The van der Waals surface area contributed by atoms with Gasteiger partial charge in [-0.2, -0.15) is 0 Å². The first kappa shape index (κ1) is 18.8. The van der Waals surface area contributed by atoms with Crippen molar-refractivity contribution in [1.29, 1.82) is 0 Å². The van der Waals surface area contributed by atoms with Gasteiger partial charge < -0.3 is 20.1 Å². The Kier molecular flexibility index (Phi) is 7.15. The minimum Gasteiger partial charge on any atom is -0.390 e. The fraction of sp³-hybridized carbons (Fsp3) is 0.667. The standard InChI is InChI=1S/C18H29N3O3/c1-13(2)20-18(23)17-16(22)7-6-15(24-17)8-10-21(3)12-14-5-4-9-19-11-14/h4-5,9,11,13,15-17,22H,6-8,10,12H2,1-3H3,(H,20,23)/t15-,16-,17+/m0/s1. The highest BCUT2D eigenvalue weighted by atomic mass is 16.5. The highest BCUT2D eigenvalue weighted by Gasteiger charge is 2.35. The van der Waals surface area contributed by atoms with Crippen molar-refractivity contribution in [2.45, 2.75) is 64.0 Å². The topological polar surface area (TPSA) is 74.7 Å². The second-order valence-electron chi connectivity index (χ2n) is 6.87. The number of nitrogens with one attached hydrogen (secondary N) is 1. The Morgan fingerprint density at radius 3 is 2.96 bits per heavy atom. The molecule has 0 aromatic carbocycles. The summed E-state index contributed by atoms with van der Waals surface area (Å²) in [5, 5.41) is 12.9. The van der Waals surface area contributed by atoms with Crippen molar-refractivity contribution < 1.29 is 14.6 Å². The van der Waals surface area contributed by atoms with Crippen LogP contribution in [0.3, 0.4) is 0 Å². The highest BCUT2D eigenvalue weighted by molar-refractivity contribution is 5.81. The first-order chi connectivity index (χ1) is 11.5. The lowest BCUT2D eigenvalue weighted by molar-refractivity contribution is -0.159. The molecule has 1 amide bonds. The van der Waals surface area contributed by atoms with Crippen molar-refractivity contribution >= 4 is 5.91 Å². The van der Waals surface area contributed by atoms with Crippen molar-refractivity contribution in [3.63, 3.8) is 0 Å². The van der Waals surface area contributed by atoms with Crippen molar-refractivity contribution in [3.8, 4) is 0 Å². The summed E-state index contributed by atoms with van der Waals surface area (Å²) in [7, 11) is 2.06. The Balaban J connectivity index is 1.79. The summed E-state index contributed by atoms with van der Waals surface area (Å²) >= 11 is 0. The van der Waals surface area contributed by atoms with E-state index in [1.807, 2.05) is 26.1 Å². The van der Waals surface area contributed by atoms with E-state index in [1.165, 1.54) is 5.56 Å². The van der Waals surface area contributed by atoms with Crippen LogP contribution in [0.5, 0.6) is 0 Å². The predicted octanol–water partition coefficient (Wildman–Crippen LogP) is 1.34. The van der Waals surface area contributed by atoms with E-state index in [9.17, 15) is 9.90 Å². The van der Waals surface area contributed by atoms with Gasteiger partial charge >= 0.3 is 0 Å². The molecule has 24 heavy (non-hydrogen) atoms. The summed E-state index contributed by atoms with van der Waals surface area (Å²) in [6.45, 7) is 5.50. The van der Waals surface area contributed by atoms with Gasteiger partial charge in [-0.15, -0.1) is 0 Å². The highest BCUT2D eigenvalue weighted by Crippen LogP contribution is 2.22. The number of carbonyl (C=O) groups is 1. The number of aromatic nitrogens is 1. The van der Waals surface area contributed by atoms with Crippen LogP contribution in [-0.4, -0.2) is 58.8 Å². The number of amides is 1. The molecule has 134 valence electrons. The van der Waals surface area contributed by atoms with E-state index in [2.05, 4.69) is 28.3 Å². The molecular formula is C18H29N3O3. The lowest BCUT2D eigenvalue weighted by Gasteiger charge is -2.34. The molecule has 6 nitrogen and oxygen atoms in total. The molecule has 1 aromatic heterocycles. The van der Waals surface area contributed by atoms with E-state index in [-0.39, 0.29) is 18.1 Å².